The standard InChI is InChI=1S/C26H35N3O2/c1-2-3-4-8-16-27-25(30)23-13-10-17-29(20-23)19-21-11-9-12-22(18-21)26(31)28-24-14-6-5-7-15-24/h5-7,9,11-12,14-15,18,23H,2-4,8,10,13,16-17,19-20H2,1H3,(H,27,30)(H,28,31). The van der Waals surface area contributed by atoms with Gasteiger partial charge in [0.15, 0.2) is 0 Å². The molecular weight excluding hydrogens is 386 g/mol. The minimum absolute atomic E-state index is 0.0597. The predicted molar refractivity (Wildman–Crippen MR) is 126 cm³/mol. The molecule has 1 heterocycles. The van der Waals surface area contributed by atoms with E-state index in [0.29, 0.717) is 5.56 Å². The van der Waals surface area contributed by atoms with Crippen LogP contribution in [0.2, 0.25) is 0 Å². The second kappa shape index (κ2) is 12.3. The van der Waals surface area contributed by atoms with Gasteiger partial charge in [-0.15, -0.1) is 0 Å². The Morgan fingerprint density at radius 2 is 1.87 bits per heavy atom. The number of nitrogens with zero attached hydrogens (tertiary/aromatic N) is 1. The van der Waals surface area contributed by atoms with E-state index in [4.69, 9.17) is 0 Å². The Morgan fingerprint density at radius 1 is 1.03 bits per heavy atom. The van der Waals surface area contributed by atoms with Crippen molar-refractivity contribution < 1.29 is 9.59 Å². The maximum absolute atomic E-state index is 12.6. The Labute approximate surface area is 186 Å². The summed E-state index contributed by atoms with van der Waals surface area (Å²) in [5, 5.41) is 6.06. The van der Waals surface area contributed by atoms with Gasteiger partial charge in [0.1, 0.15) is 0 Å². The molecule has 0 aliphatic carbocycles. The lowest BCUT2D eigenvalue weighted by molar-refractivity contribution is -0.126. The zero-order chi connectivity index (χ0) is 21.9. The van der Waals surface area contributed by atoms with E-state index < -0.39 is 0 Å². The first kappa shape index (κ1) is 23.0. The highest BCUT2D eigenvalue weighted by molar-refractivity contribution is 6.04. The molecule has 2 aromatic carbocycles. The zero-order valence-electron chi connectivity index (χ0n) is 18.6. The lowest BCUT2D eigenvalue weighted by atomic mass is 9.96. The van der Waals surface area contributed by atoms with Crippen LogP contribution in [0.15, 0.2) is 54.6 Å². The van der Waals surface area contributed by atoms with Gasteiger partial charge >= 0.3 is 0 Å². The summed E-state index contributed by atoms with van der Waals surface area (Å²) in [5.41, 5.74) is 2.54. The van der Waals surface area contributed by atoms with E-state index in [-0.39, 0.29) is 17.7 Å². The van der Waals surface area contributed by atoms with Gasteiger partial charge in [-0.1, -0.05) is 56.5 Å². The van der Waals surface area contributed by atoms with E-state index in [2.05, 4.69) is 28.5 Å². The third-order valence-electron chi connectivity index (χ3n) is 5.83. The monoisotopic (exact) mass is 421 g/mol. The summed E-state index contributed by atoms with van der Waals surface area (Å²) in [5.74, 6) is 0.147. The van der Waals surface area contributed by atoms with Gasteiger partial charge in [-0.3, -0.25) is 14.5 Å². The number of amides is 2. The molecule has 1 fully saturated rings. The first-order chi connectivity index (χ1) is 15.2. The molecule has 0 spiro atoms. The van der Waals surface area contributed by atoms with Gasteiger partial charge in [-0.25, -0.2) is 0 Å². The highest BCUT2D eigenvalue weighted by atomic mass is 16.2. The molecule has 1 aliphatic rings. The zero-order valence-corrected chi connectivity index (χ0v) is 18.6. The molecule has 0 saturated carbocycles. The number of hydrogen-bond donors (Lipinski definition) is 2. The fourth-order valence-corrected chi connectivity index (χ4v) is 4.11. The van der Waals surface area contributed by atoms with Crippen LogP contribution < -0.4 is 10.6 Å². The van der Waals surface area contributed by atoms with E-state index in [1.54, 1.807) is 0 Å². The molecule has 2 N–H and O–H groups in total. The van der Waals surface area contributed by atoms with Gasteiger partial charge in [-0.05, 0) is 55.6 Å². The average Bonchev–Trinajstić information content (AvgIpc) is 2.80. The number of para-hydroxylation sites is 1. The summed E-state index contributed by atoms with van der Waals surface area (Å²) in [6, 6.07) is 17.3. The van der Waals surface area contributed by atoms with Gasteiger partial charge in [0.05, 0.1) is 5.92 Å². The molecule has 1 aliphatic heterocycles. The van der Waals surface area contributed by atoms with E-state index in [0.717, 1.165) is 56.7 Å². The van der Waals surface area contributed by atoms with Crippen molar-refractivity contribution >= 4 is 17.5 Å². The molecule has 1 saturated heterocycles. The number of carbonyl (C=O) groups excluding carboxylic acids is 2. The van der Waals surface area contributed by atoms with Crippen molar-refractivity contribution in [3.05, 3.63) is 65.7 Å². The number of rotatable bonds is 10. The Morgan fingerprint density at radius 3 is 2.68 bits per heavy atom. The first-order valence-corrected chi connectivity index (χ1v) is 11.6. The van der Waals surface area contributed by atoms with Crippen LogP contribution >= 0.6 is 0 Å². The highest BCUT2D eigenvalue weighted by Crippen LogP contribution is 2.20. The molecule has 5 heteroatoms. The Balaban J connectivity index is 1.50. The van der Waals surface area contributed by atoms with Crippen molar-refractivity contribution in [2.75, 3.05) is 25.0 Å². The number of benzene rings is 2. The number of carbonyl (C=O) groups is 2. The number of piperidine rings is 1. The normalized spacial score (nSPS) is 16.6. The maximum Gasteiger partial charge on any atom is 0.255 e. The van der Waals surface area contributed by atoms with Crippen LogP contribution in [0.1, 0.15) is 61.4 Å². The Bertz CT molecular complexity index is 838. The van der Waals surface area contributed by atoms with Crippen LogP contribution in [-0.2, 0) is 11.3 Å². The molecule has 3 rings (SSSR count). The van der Waals surface area contributed by atoms with E-state index in [1.807, 2.05) is 48.5 Å². The number of likely N-dealkylation sites (tertiary alicyclic amines) is 1. The fraction of sp³-hybridized carbons (Fsp3) is 0.462. The fourth-order valence-electron chi connectivity index (χ4n) is 4.11. The van der Waals surface area contributed by atoms with Crippen molar-refractivity contribution in [1.29, 1.82) is 0 Å². The summed E-state index contributed by atoms with van der Waals surface area (Å²) in [6.07, 6.45) is 6.67. The van der Waals surface area contributed by atoms with Crippen molar-refractivity contribution in [3.8, 4) is 0 Å². The number of unbranched alkanes of at least 4 members (excludes halogenated alkanes) is 3. The molecule has 0 aromatic heterocycles. The van der Waals surface area contributed by atoms with Crippen molar-refractivity contribution in [1.82, 2.24) is 10.2 Å². The number of anilines is 1. The third kappa shape index (κ3) is 7.51. The summed E-state index contributed by atoms with van der Waals surface area (Å²) in [6.45, 7) is 5.50. The van der Waals surface area contributed by atoms with Gasteiger partial charge in [0.25, 0.3) is 5.91 Å². The van der Waals surface area contributed by atoms with E-state index in [1.165, 1.54) is 19.3 Å². The molecule has 2 aromatic rings. The third-order valence-corrected chi connectivity index (χ3v) is 5.83. The molecule has 1 atom stereocenters. The lowest BCUT2D eigenvalue weighted by Gasteiger charge is -2.32. The SMILES string of the molecule is CCCCCCNC(=O)C1CCCN(Cc2cccc(C(=O)Nc3ccccc3)c2)C1. The summed E-state index contributed by atoms with van der Waals surface area (Å²) >= 11 is 0. The van der Waals surface area contributed by atoms with Crippen LogP contribution in [0.5, 0.6) is 0 Å². The summed E-state index contributed by atoms with van der Waals surface area (Å²) in [7, 11) is 0. The topological polar surface area (TPSA) is 61.4 Å². The highest BCUT2D eigenvalue weighted by Gasteiger charge is 2.25. The van der Waals surface area contributed by atoms with Gasteiger partial charge < -0.3 is 10.6 Å². The smallest absolute Gasteiger partial charge is 0.255 e. The van der Waals surface area contributed by atoms with Crippen LogP contribution in [0.4, 0.5) is 5.69 Å². The summed E-state index contributed by atoms with van der Waals surface area (Å²) in [4.78, 5) is 27.5. The molecule has 31 heavy (non-hydrogen) atoms. The second-order valence-electron chi connectivity index (χ2n) is 8.45. The van der Waals surface area contributed by atoms with Crippen molar-refractivity contribution in [2.45, 2.75) is 52.0 Å². The Hall–Kier alpha value is -2.66. The number of hydrogen-bond acceptors (Lipinski definition) is 3. The molecular formula is C26H35N3O2. The minimum Gasteiger partial charge on any atom is -0.356 e. The Kier molecular flexibility index (Phi) is 9.10. The first-order valence-electron chi connectivity index (χ1n) is 11.6. The van der Waals surface area contributed by atoms with E-state index >= 15 is 0 Å². The quantitative estimate of drug-likeness (QED) is 0.539. The van der Waals surface area contributed by atoms with Gasteiger partial charge in [0, 0.05) is 30.9 Å². The van der Waals surface area contributed by atoms with Crippen molar-refractivity contribution in [3.63, 3.8) is 0 Å². The minimum atomic E-state index is -0.105. The average molecular weight is 422 g/mol. The van der Waals surface area contributed by atoms with Gasteiger partial charge in [-0.2, -0.15) is 0 Å². The van der Waals surface area contributed by atoms with Crippen molar-refractivity contribution in [2.24, 2.45) is 5.92 Å². The van der Waals surface area contributed by atoms with Crippen LogP contribution in [-0.4, -0.2) is 36.3 Å². The molecule has 166 valence electrons. The number of nitrogens with one attached hydrogen (secondary N) is 2. The lowest BCUT2D eigenvalue weighted by Crippen LogP contribution is -2.42. The largest absolute Gasteiger partial charge is 0.356 e. The molecule has 2 amide bonds. The summed E-state index contributed by atoms with van der Waals surface area (Å²) < 4.78 is 0. The van der Waals surface area contributed by atoms with Gasteiger partial charge in [0.2, 0.25) is 5.91 Å². The molecule has 5 nitrogen and oxygen atoms in total. The van der Waals surface area contributed by atoms with Crippen LogP contribution in [0, 0.1) is 5.92 Å². The molecule has 0 bridgehead atoms. The maximum atomic E-state index is 12.6. The van der Waals surface area contributed by atoms with E-state index in [9.17, 15) is 9.59 Å². The predicted octanol–water partition coefficient (Wildman–Crippen LogP) is 4.85. The molecule has 1 unspecified atom stereocenters. The van der Waals surface area contributed by atoms with Crippen LogP contribution in [0.25, 0.3) is 0 Å². The molecule has 0 radical (unpaired) electrons. The van der Waals surface area contributed by atoms with Crippen LogP contribution in [0.3, 0.4) is 0 Å². The second-order valence-corrected chi connectivity index (χ2v) is 8.45.